The molecule has 3 rings (SSSR count). The van der Waals surface area contributed by atoms with Gasteiger partial charge in [-0.2, -0.15) is 5.10 Å². The smallest absolute Gasteiger partial charge is 0.272 e. The van der Waals surface area contributed by atoms with E-state index in [0.717, 1.165) is 11.3 Å². The first kappa shape index (κ1) is 16.4. The van der Waals surface area contributed by atoms with Gasteiger partial charge < -0.3 is 14.6 Å². The van der Waals surface area contributed by atoms with Gasteiger partial charge in [-0.3, -0.25) is 14.3 Å². The Kier molecular flexibility index (Phi) is 4.53. The van der Waals surface area contributed by atoms with Crippen LogP contribution in [-0.2, 0) is 24.8 Å². The summed E-state index contributed by atoms with van der Waals surface area (Å²) in [5, 5.41) is 7.23. The molecular formula is C17H22N4O3. The van der Waals surface area contributed by atoms with Gasteiger partial charge in [0, 0.05) is 44.4 Å². The van der Waals surface area contributed by atoms with Crippen molar-refractivity contribution < 1.29 is 9.53 Å². The normalized spacial score (nSPS) is 19.8. The fourth-order valence-corrected chi connectivity index (χ4v) is 3.24. The second-order valence-corrected chi connectivity index (χ2v) is 6.12. The van der Waals surface area contributed by atoms with E-state index < -0.39 is 0 Å². The summed E-state index contributed by atoms with van der Waals surface area (Å²) in [6.45, 7) is 4.77. The van der Waals surface area contributed by atoms with Crippen LogP contribution in [0.5, 0.6) is 0 Å². The highest BCUT2D eigenvalue weighted by Crippen LogP contribution is 2.31. The number of amides is 1. The first-order valence-electron chi connectivity index (χ1n) is 8.12. The number of hydrogen-bond acceptors (Lipinski definition) is 4. The van der Waals surface area contributed by atoms with Crippen LogP contribution in [0.25, 0.3) is 0 Å². The zero-order valence-electron chi connectivity index (χ0n) is 14.2. The summed E-state index contributed by atoms with van der Waals surface area (Å²) in [6.07, 6.45) is 2.36. The van der Waals surface area contributed by atoms with Crippen LogP contribution in [0.2, 0.25) is 0 Å². The van der Waals surface area contributed by atoms with E-state index >= 15 is 0 Å². The number of carbonyl (C=O) groups excluding carboxylic acids is 1. The standard InChI is InChI=1S/C17H22N4O3/c1-11-10-13-15(19-20(3)16(13)12(2)24-11)17(23)18-7-9-21-8-5-4-6-14(21)22/h4-6,8,11-12H,7,9-10H2,1-3H3,(H,18,23)/t11-,12+/m1/s1. The van der Waals surface area contributed by atoms with Crippen LogP contribution >= 0.6 is 0 Å². The van der Waals surface area contributed by atoms with E-state index in [1.807, 2.05) is 20.9 Å². The van der Waals surface area contributed by atoms with Gasteiger partial charge in [-0.25, -0.2) is 0 Å². The molecule has 0 aromatic carbocycles. The van der Waals surface area contributed by atoms with Gasteiger partial charge in [0.25, 0.3) is 11.5 Å². The molecule has 0 fully saturated rings. The number of ether oxygens (including phenoxy) is 1. The molecule has 0 saturated heterocycles. The highest BCUT2D eigenvalue weighted by molar-refractivity contribution is 5.94. The van der Waals surface area contributed by atoms with Crippen molar-refractivity contribution in [3.05, 3.63) is 51.7 Å². The topological polar surface area (TPSA) is 78.2 Å². The van der Waals surface area contributed by atoms with Gasteiger partial charge in [-0.1, -0.05) is 6.07 Å². The molecule has 0 radical (unpaired) electrons. The third-order valence-electron chi connectivity index (χ3n) is 4.26. The first-order chi connectivity index (χ1) is 11.5. The van der Waals surface area contributed by atoms with Gasteiger partial charge in [0.05, 0.1) is 17.9 Å². The second-order valence-electron chi connectivity index (χ2n) is 6.12. The van der Waals surface area contributed by atoms with Crippen molar-refractivity contribution in [1.29, 1.82) is 0 Å². The molecule has 2 aromatic heterocycles. The predicted octanol–water partition coefficient (Wildman–Crippen LogP) is 1.03. The van der Waals surface area contributed by atoms with Gasteiger partial charge in [-0.05, 0) is 19.9 Å². The predicted molar refractivity (Wildman–Crippen MR) is 88.9 cm³/mol. The lowest BCUT2D eigenvalue weighted by Crippen LogP contribution is -2.32. The Morgan fingerprint density at radius 3 is 2.96 bits per heavy atom. The lowest BCUT2D eigenvalue weighted by molar-refractivity contribution is -0.00902. The van der Waals surface area contributed by atoms with Crippen molar-refractivity contribution in [2.75, 3.05) is 6.54 Å². The molecule has 0 unspecified atom stereocenters. The van der Waals surface area contributed by atoms with E-state index in [1.54, 1.807) is 27.6 Å². The van der Waals surface area contributed by atoms with Crippen LogP contribution in [0.1, 0.15) is 41.7 Å². The molecule has 24 heavy (non-hydrogen) atoms. The number of nitrogens with zero attached hydrogens (tertiary/aromatic N) is 3. The quantitative estimate of drug-likeness (QED) is 0.908. The van der Waals surface area contributed by atoms with E-state index in [0.29, 0.717) is 25.2 Å². The Hall–Kier alpha value is -2.41. The molecule has 0 spiro atoms. The molecule has 2 aromatic rings. The second kappa shape index (κ2) is 6.60. The Morgan fingerprint density at radius 1 is 1.42 bits per heavy atom. The highest BCUT2D eigenvalue weighted by atomic mass is 16.5. The Bertz CT molecular complexity index is 808. The lowest BCUT2D eigenvalue weighted by Gasteiger charge is -2.26. The number of aryl methyl sites for hydroxylation is 1. The fraction of sp³-hybridized carbons (Fsp3) is 0.471. The average Bonchev–Trinajstić information content (AvgIpc) is 2.86. The maximum absolute atomic E-state index is 12.5. The van der Waals surface area contributed by atoms with Crippen LogP contribution in [-0.4, -0.2) is 32.9 Å². The van der Waals surface area contributed by atoms with Gasteiger partial charge in [0.1, 0.15) is 0 Å². The number of pyridine rings is 1. The molecule has 1 aliphatic rings. The molecule has 1 N–H and O–H groups in total. The van der Waals surface area contributed by atoms with E-state index in [2.05, 4.69) is 10.4 Å². The number of nitrogens with one attached hydrogen (secondary N) is 1. The number of hydrogen-bond donors (Lipinski definition) is 1. The maximum Gasteiger partial charge on any atom is 0.272 e. The van der Waals surface area contributed by atoms with Gasteiger partial charge in [-0.15, -0.1) is 0 Å². The van der Waals surface area contributed by atoms with Crippen LogP contribution in [0.4, 0.5) is 0 Å². The van der Waals surface area contributed by atoms with E-state index in [9.17, 15) is 9.59 Å². The zero-order chi connectivity index (χ0) is 17.3. The van der Waals surface area contributed by atoms with E-state index in [1.165, 1.54) is 6.07 Å². The van der Waals surface area contributed by atoms with Crippen molar-refractivity contribution in [3.63, 3.8) is 0 Å². The van der Waals surface area contributed by atoms with Crippen molar-refractivity contribution in [2.24, 2.45) is 7.05 Å². The molecule has 2 atom stereocenters. The summed E-state index contributed by atoms with van der Waals surface area (Å²) >= 11 is 0. The number of carbonyl (C=O) groups is 1. The molecule has 1 aliphatic heterocycles. The van der Waals surface area contributed by atoms with Crippen molar-refractivity contribution >= 4 is 5.91 Å². The number of fused-ring (bicyclic) bond motifs is 1. The lowest BCUT2D eigenvalue weighted by atomic mass is 9.99. The Morgan fingerprint density at radius 2 is 2.21 bits per heavy atom. The van der Waals surface area contributed by atoms with Gasteiger partial charge in [0.2, 0.25) is 0 Å². The Balaban J connectivity index is 1.71. The minimum atomic E-state index is -0.211. The molecule has 7 heteroatoms. The number of rotatable bonds is 4. The monoisotopic (exact) mass is 330 g/mol. The molecule has 3 heterocycles. The minimum Gasteiger partial charge on any atom is -0.369 e. The van der Waals surface area contributed by atoms with Crippen LogP contribution < -0.4 is 10.9 Å². The molecule has 7 nitrogen and oxygen atoms in total. The molecule has 0 saturated carbocycles. The molecule has 1 amide bonds. The molecular weight excluding hydrogens is 308 g/mol. The molecule has 0 aliphatic carbocycles. The Labute approximate surface area is 140 Å². The SMILES string of the molecule is C[C@@H]1Cc2c(C(=O)NCCn3ccccc3=O)nn(C)c2[C@H](C)O1. The summed E-state index contributed by atoms with van der Waals surface area (Å²) in [7, 11) is 1.83. The van der Waals surface area contributed by atoms with Crippen LogP contribution in [0.15, 0.2) is 29.2 Å². The van der Waals surface area contributed by atoms with Crippen molar-refractivity contribution in [2.45, 2.75) is 39.0 Å². The zero-order valence-corrected chi connectivity index (χ0v) is 14.2. The summed E-state index contributed by atoms with van der Waals surface area (Å²) in [5.41, 5.74) is 2.28. The third-order valence-corrected chi connectivity index (χ3v) is 4.26. The largest absolute Gasteiger partial charge is 0.369 e. The van der Waals surface area contributed by atoms with Crippen molar-refractivity contribution in [3.8, 4) is 0 Å². The molecule has 0 bridgehead atoms. The summed E-state index contributed by atoms with van der Waals surface area (Å²) < 4.78 is 9.09. The van der Waals surface area contributed by atoms with Crippen LogP contribution in [0, 0.1) is 0 Å². The highest BCUT2D eigenvalue weighted by Gasteiger charge is 2.31. The van der Waals surface area contributed by atoms with Gasteiger partial charge in [0.15, 0.2) is 5.69 Å². The van der Waals surface area contributed by atoms with E-state index in [4.69, 9.17) is 4.74 Å². The van der Waals surface area contributed by atoms with Crippen LogP contribution in [0.3, 0.4) is 0 Å². The number of aromatic nitrogens is 3. The van der Waals surface area contributed by atoms with E-state index in [-0.39, 0.29) is 23.7 Å². The first-order valence-corrected chi connectivity index (χ1v) is 8.12. The summed E-state index contributed by atoms with van der Waals surface area (Å²) in [4.78, 5) is 24.2. The fourth-order valence-electron chi connectivity index (χ4n) is 3.24. The summed E-state index contributed by atoms with van der Waals surface area (Å²) in [5.74, 6) is -0.211. The third kappa shape index (κ3) is 3.12. The summed E-state index contributed by atoms with van der Waals surface area (Å²) in [6, 6.07) is 4.99. The minimum absolute atomic E-state index is 0.0612. The maximum atomic E-state index is 12.5. The average molecular weight is 330 g/mol. The van der Waals surface area contributed by atoms with Gasteiger partial charge >= 0.3 is 0 Å². The van der Waals surface area contributed by atoms with Crippen molar-refractivity contribution in [1.82, 2.24) is 19.7 Å². The molecule has 128 valence electrons.